The number of rotatable bonds is 12. The Kier molecular flexibility index (Phi) is 8.84. The molecule has 2 aromatic rings. The maximum atomic E-state index is 14.1. The highest BCUT2D eigenvalue weighted by molar-refractivity contribution is 5.86. The van der Waals surface area contributed by atoms with Gasteiger partial charge in [0.1, 0.15) is 0 Å². The van der Waals surface area contributed by atoms with Gasteiger partial charge in [-0.2, -0.15) is 0 Å². The van der Waals surface area contributed by atoms with Gasteiger partial charge in [0.25, 0.3) is 0 Å². The minimum Gasteiger partial charge on any atom is -0.385 e. The van der Waals surface area contributed by atoms with Gasteiger partial charge in [0.05, 0.1) is 12.0 Å². The number of nitrogens with one attached hydrogen (secondary N) is 3. The Bertz CT molecular complexity index is 981. The van der Waals surface area contributed by atoms with E-state index in [0.717, 1.165) is 50.6 Å². The van der Waals surface area contributed by atoms with Gasteiger partial charge >= 0.3 is 0 Å². The third-order valence-electron chi connectivity index (χ3n) is 7.74. The Morgan fingerprint density at radius 1 is 1.17 bits per heavy atom. The van der Waals surface area contributed by atoms with Crippen molar-refractivity contribution in [2.24, 2.45) is 11.8 Å². The first kappa shape index (κ1) is 25.7. The molecule has 7 nitrogen and oxygen atoms in total. The van der Waals surface area contributed by atoms with Crippen LogP contribution in [0, 0.1) is 11.8 Å². The molecule has 1 aromatic heterocycles. The van der Waals surface area contributed by atoms with E-state index in [9.17, 15) is 9.59 Å². The fraction of sp³-hybridized carbons (Fsp3) is 0.643. The van der Waals surface area contributed by atoms with E-state index >= 15 is 0 Å². The molecule has 1 aliphatic heterocycles. The number of methoxy groups -OCH3 is 1. The number of ether oxygens (including phenoxy) is 1. The van der Waals surface area contributed by atoms with Crippen LogP contribution in [0.1, 0.15) is 70.4 Å². The molecule has 7 heteroatoms. The molecule has 192 valence electrons. The van der Waals surface area contributed by atoms with E-state index in [2.05, 4.69) is 58.8 Å². The second-order valence-corrected chi connectivity index (χ2v) is 10.2. The van der Waals surface area contributed by atoms with Crippen LogP contribution in [0.25, 0.3) is 10.9 Å². The number of carbonyl (C=O) groups is 2. The SMILES string of the molecule is CCC(CC)C(=O)N[C@@H]1CNC[C@@H](C(=O)N(C2CC2)C(CCCOC)c2c[nH]c3ccccc23)C1. The zero-order chi connectivity index (χ0) is 24.8. The van der Waals surface area contributed by atoms with Crippen LogP contribution in [0.2, 0.25) is 0 Å². The minimum atomic E-state index is -0.133. The number of aromatic amines is 1. The maximum Gasteiger partial charge on any atom is 0.227 e. The third-order valence-corrected chi connectivity index (χ3v) is 7.74. The molecule has 1 aliphatic carbocycles. The second kappa shape index (κ2) is 12.0. The number of H-pyrrole nitrogens is 1. The summed E-state index contributed by atoms with van der Waals surface area (Å²) in [5, 5.41) is 7.83. The van der Waals surface area contributed by atoms with Gasteiger partial charge in [-0.15, -0.1) is 0 Å². The molecule has 4 rings (SSSR count). The first-order chi connectivity index (χ1) is 17.1. The Hall–Kier alpha value is -2.38. The quantitative estimate of drug-likeness (QED) is 0.397. The molecule has 2 fully saturated rings. The molecule has 1 saturated carbocycles. The molecular weight excluding hydrogens is 440 g/mol. The first-order valence-electron chi connectivity index (χ1n) is 13.5. The summed E-state index contributed by atoms with van der Waals surface area (Å²) < 4.78 is 5.36. The lowest BCUT2D eigenvalue weighted by Gasteiger charge is -2.38. The van der Waals surface area contributed by atoms with Crippen LogP contribution in [0.3, 0.4) is 0 Å². The normalized spacial score (nSPS) is 21.3. The fourth-order valence-corrected chi connectivity index (χ4v) is 5.61. The van der Waals surface area contributed by atoms with Crippen LogP contribution in [0.4, 0.5) is 0 Å². The number of para-hydroxylation sites is 1. The molecule has 0 spiro atoms. The molecular formula is C28H42N4O3. The van der Waals surface area contributed by atoms with Gasteiger partial charge in [0, 0.05) is 61.9 Å². The Labute approximate surface area is 209 Å². The van der Waals surface area contributed by atoms with E-state index in [1.54, 1.807) is 7.11 Å². The third kappa shape index (κ3) is 6.07. The highest BCUT2D eigenvalue weighted by atomic mass is 16.5. The maximum absolute atomic E-state index is 14.1. The molecule has 1 aromatic carbocycles. The van der Waals surface area contributed by atoms with E-state index in [-0.39, 0.29) is 35.7 Å². The second-order valence-electron chi connectivity index (χ2n) is 10.2. The number of benzene rings is 1. The molecule has 3 atom stereocenters. The zero-order valence-electron chi connectivity index (χ0n) is 21.5. The fourth-order valence-electron chi connectivity index (χ4n) is 5.61. The summed E-state index contributed by atoms with van der Waals surface area (Å²) in [7, 11) is 1.73. The predicted molar refractivity (Wildman–Crippen MR) is 139 cm³/mol. The van der Waals surface area contributed by atoms with Crippen LogP contribution in [0.15, 0.2) is 30.5 Å². The number of hydrogen-bond donors (Lipinski definition) is 3. The van der Waals surface area contributed by atoms with Gasteiger partial charge in [0.2, 0.25) is 11.8 Å². The van der Waals surface area contributed by atoms with Crippen LogP contribution < -0.4 is 10.6 Å². The summed E-state index contributed by atoms with van der Waals surface area (Å²) in [6.07, 6.45) is 8.35. The highest BCUT2D eigenvalue weighted by Gasteiger charge is 2.42. The minimum absolute atomic E-state index is 0.00752. The zero-order valence-corrected chi connectivity index (χ0v) is 21.5. The molecule has 0 bridgehead atoms. The largest absolute Gasteiger partial charge is 0.385 e. The Morgan fingerprint density at radius 2 is 1.94 bits per heavy atom. The topological polar surface area (TPSA) is 86.5 Å². The standard InChI is InChI=1S/C28H42N4O3/c1-4-19(5-2)27(33)31-21-15-20(16-29-17-21)28(34)32(22-12-13-22)26(11-8-14-35-3)24-18-30-25-10-7-6-9-23(24)25/h6-7,9-10,18-22,26,29-30H,4-5,8,11-17H2,1-3H3,(H,31,33)/t20-,21-,26?/m0/s1. The predicted octanol–water partition coefficient (Wildman–Crippen LogP) is 4.16. The summed E-state index contributed by atoms with van der Waals surface area (Å²) in [6.45, 7) is 6.18. The molecule has 3 N–H and O–H groups in total. The molecule has 0 radical (unpaired) electrons. The van der Waals surface area contributed by atoms with E-state index in [4.69, 9.17) is 4.74 Å². The molecule has 2 amide bonds. The average molecular weight is 483 g/mol. The van der Waals surface area contributed by atoms with Gasteiger partial charge in [-0.3, -0.25) is 9.59 Å². The molecule has 1 saturated heterocycles. The van der Waals surface area contributed by atoms with Crippen LogP contribution in [0.5, 0.6) is 0 Å². The molecule has 2 aliphatic rings. The molecule has 1 unspecified atom stereocenters. The lowest BCUT2D eigenvalue weighted by atomic mass is 9.91. The number of amides is 2. The monoisotopic (exact) mass is 482 g/mol. The summed E-state index contributed by atoms with van der Waals surface area (Å²) >= 11 is 0. The van der Waals surface area contributed by atoms with Crippen molar-refractivity contribution in [3.63, 3.8) is 0 Å². The Morgan fingerprint density at radius 3 is 2.66 bits per heavy atom. The summed E-state index contributed by atoms with van der Waals surface area (Å²) in [6, 6.07) is 8.64. The van der Waals surface area contributed by atoms with Gasteiger partial charge in [-0.25, -0.2) is 0 Å². The first-order valence-corrected chi connectivity index (χ1v) is 13.5. The van der Waals surface area contributed by atoms with Crippen molar-refractivity contribution < 1.29 is 14.3 Å². The average Bonchev–Trinajstić information content (AvgIpc) is 3.62. The van der Waals surface area contributed by atoms with Crippen molar-refractivity contribution in [2.45, 2.75) is 76.9 Å². The molecule has 35 heavy (non-hydrogen) atoms. The van der Waals surface area contributed by atoms with Crippen LogP contribution >= 0.6 is 0 Å². The van der Waals surface area contributed by atoms with E-state index in [0.29, 0.717) is 25.6 Å². The van der Waals surface area contributed by atoms with E-state index < -0.39 is 0 Å². The van der Waals surface area contributed by atoms with Crippen molar-refractivity contribution >= 4 is 22.7 Å². The lowest BCUT2D eigenvalue weighted by molar-refractivity contribution is -0.140. The number of hydrogen-bond acceptors (Lipinski definition) is 4. The van der Waals surface area contributed by atoms with Crippen molar-refractivity contribution in [1.82, 2.24) is 20.5 Å². The van der Waals surface area contributed by atoms with Gasteiger partial charge in [-0.05, 0) is 56.6 Å². The van der Waals surface area contributed by atoms with Crippen LogP contribution in [-0.2, 0) is 14.3 Å². The van der Waals surface area contributed by atoms with Crippen molar-refractivity contribution in [1.29, 1.82) is 0 Å². The van der Waals surface area contributed by atoms with Gasteiger partial charge in [0.15, 0.2) is 0 Å². The van der Waals surface area contributed by atoms with Crippen molar-refractivity contribution in [3.8, 4) is 0 Å². The smallest absolute Gasteiger partial charge is 0.227 e. The number of piperidine rings is 1. The lowest BCUT2D eigenvalue weighted by Crippen LogP contribution is -2.54. The van der Waals surface area contributed by atoms with Gasteiger partial charge < -0.3 is 25.3 Å². The number of nitrogens with zero attached hydrogens (tertiary/aromatic N) is 1. The van der Waals surface area contributed by atoms with E-state index in [1.807, 2.05) is 6.07 Å². The number of carbonyl (C=O) groups excluding carboxylic acids is 2. The highest BCUT2D eigenvalue weighted by Crippen LogP contribution is 2.40. The summed E-state index contributed by atoms with van der Waals surface area (Å²) in [4.78, 5) is 32.4. The van der Waals surface area contributed by atoms with Crippen molar-refractivity contribution in [3.05, 3.63) is 36.0 Å². The number of fused-ring (bicyclic) bond motifs is 1. The van der Waals surface area contributed by atoms with Gasteiger partial charge in [-0.1, -0.05) is 32.0 Å². The van der Waals surface area contributed by atoms with Crippen molar-refractivity contribution in [2.75, 3.05) is 26.8 Å². The number of aromatic nitrogens is 1. The summed E-state index contributed by atoms with van der Waals surface area (Å²) in [5.74, 6) is 0.243. The van der Waals surface area contributed by atoms with E-state index in [1.165, 1.54) is 10.9 Å². The Balaban J connectivity index is 1.54. The van der Waals surface area contributed by atoms with Crippen LogP contribution in [-0.4, -0.2) is 60.6 Å². The summed E-state index contributed by atoms with van der Waals surface area (Å²) in [5.41, 5.74) is 2.30. The molecule has 2 heterocycles.